The van der Waals surface area contributed by atoms with Crippen LogP contribution in [0.2, 0.25) is 0 Å². The number of fused-ring (bicyclic) bond motifs is 3. The first-order valence-electron chi connectivity index (χ1n) is 46.4. The van der Waals surface area contributed by atoms with Crippen LogP contribution in [0, 0.1) is 0 Å². The lowest BCUT2D eigenvalue weighted by Crippen LogP contribution is -2.61. The van der Waals surface area contributed by atoms with E-state index in [0.29, 0.717) is 102 Å². The Morgan fingerprint density at radius 1 is 0.507 bits per heavy atom. The lowest BCUT2D eigenvalue weighted by molar-refractivity contribution is -0.142. The Kier molecular flexibility index (Phi) is 42.3. The fourth-order valence-corrected chi connectivity index (χ4v) is 19.1. The number of carbonyl (C=O) groups is 17. The number of hydrogen-bond donors (Lipinski definition) is 22. The lowest BCUT2D eigenvalue weighted by Gasteiger charge is -2.31. The number of urea groups is 1. The van der Waals surface area contributed by atoms with Crippen LogP contribution >= 0.6 is 35.3 Å². The molecule has 24 N–H and O–H groups in total. The quantitative estimate of drug-likeness (QED) is 0.0176. The van der Waals surface area contributed by atoms with Crippen LogP contribution in [0.4, 0.5) is 4.79 Å². The van der Waals surface area contributed by atoms with Gasteiger partial charge in [-0.1, -0.05) is 85.3 Å². The summed E-state index contributed by atoms with van der Waals surface area (Å²) in [4.78, 5) is 251. The smallest absolute Gasteiger partial charge is 0.315 e. The Labute approximate surface area is 811 Å². The van der Waals surface area contributed by atoms with Gasteiger partial charge < -0.3 is 121 Å². The molecule has 10 rings (SSSR count). The Morgan fingerprint density at radius 3 is 1.62 bits per heavy atom. The number of thioether (sulfide) groups is 3. The zero-order valence-electron chi connectivity index (χ0n) is 77.7. The van der Waals surface area contributed by atoms with Gasteiger partial charge in [0.1, 0.15) is 72.2 Å². The molecule has 18 amide bonds. The number of likely N-dealkylation sites (tertiary alicyclic amines) is 1. The van der Waals surface area contributed by atoms with E-state index >= 15 is 19.2 Å². The first kappa shape index (κ1) is 107. The number of nitrogens with zero attached hydrogens (tertiary/aromatic N) is 2. The van der Waals surface area contributed by atoms with Crippen molar-refractivity contribution >= 4 is 158 Å². The molecular weight excluding hydrogens is 1840 g/mol. The van der Waals surface area contributed by atoms with Gasteiger partial charge in [-0.2, -0.15) is 35.3 Å². The van der Waals surface area contributed by atoms with Crippen LogP contribution in [-0.2, 0) is 109 Å². The molecule has 14 atom stereocenters. The molecule has 3 aliphatic heterocycles. The van der Waals surface area contributed by atoms with Crippen molar-refractivity contribution in [1.29, 1.82) is 0 Å². The second kappa shape index (κ2) is 54.6. The van der Waals surface area contributed by atoms with E-state index in [2.05, 4.69) is 105 Å². The standard InChI is InChI=1S/C94H127N23O18S3/c1-54(105-88(129)72(43-58-46-99-64-23-10-8-21-62(58)64)113-92(133)76-27-18-38-117(76)93(134)74(45-60-48-97-53-104-60)114-91(132)73(44-59-47-100-65-24-11-9-22-63(59)65)112-89(130)70(106-55(2)118)41-56-19-6-5-7-20-56)84(125)108-68(34-39-136-3)86(127)110-69(35-40-137-4)87(128)111-71(42-57-30-32-61(119)33-31-57)90(131)109-67(26-14-16-36-95)85(126)103-50-80(122)101-49-79(121)102-51-81(123)107-66(83(96)124)25-15-17-37-98-78(120)29-13-12-28-77-82-75(52-138-77)115-94(135)116-82/h5-11,19-24,30-33,46-48,53-54,66-77,82,99-100,119H,12-18,25-29,34-45,49-52,95H2,1-4H3,(H2,96,124)(H,97,104)(H,98,120)(H,101,122)(H,102,121)(H,103,126)(H,105,129)(H,106,118)(H,107,123)(H,108,125)(H,109,131)(H,110,127)(H,111,128)(H,112,130)(H,113,133)(H,114,132)(H2,115,116,135)/t54-,66-,67-,68-,69-,70-,71-,72-,73-,74-,75-,76-,77-,82-/m0/s1. The second-order valence-corrected chi connectivity index (χ2v) is 37.7. The fraction of sp³-hybridized carbons (Fsp3) is 0.489. The van der Waals surface area contributed by atoms with Crippen molar-refractivity contribution in [3.63, 3.8) is 0 Å². The van der Waals surface area contributed by atoms with Gasteiger partial charge in [0.05, 0.1) is 43.7 Å². The van der Waals surface area contributed by atoms with Crippen LogP contribution < -0.4 is 96.5 Å². The average molecular weight is 1960 g/mol. The van der Waals surface area contributed by atoms with E-state index in [9.17, 15) is 67.4 Å². The van der Waals surface area contributed by atoms with Gasteiger partial charge >= 0.3 is 6.03 Å². The number of nitrogens with two attached hydrogens (primary N) is 2. The SMILES string of the molecule is CSCC[C@H](NC(=O)[C@H](C)NC(=O)[C@H](Cc1c[nH]c2ccccc12)NC(=O)[C@@H]1CCCN1C(=O)[C@H](Cc1c[nH]cn1)NC(=O)[C@H](Cc1c[nH]c2ccccc12)NC(=O)[C@H](Cc1ccccc1)NC(C)=O)C(=O)N[C@@H](CCSC)C(=O)N[C@@H](Cc1ccc(O)cc1)C(=O)N[C@@H](CCCCN)C(=O)NCC(=O)NCC(=O)NCC(=O)N[C@@H](CCCCNC(=O)CCCC[C@@H]1SC[C@@H]2NC(=O)N[C@@H]21)C(N)=O. The number of unbranched alkanes of at least 4 members (excludes halogenated alkanes) is 3. The molecule has 0 saturated carbocycles. The minimum absolute atomic E-state index is 0.00626. The Hall–Kier alpha value is -13.2. The Balaban J connectivity index is 0.742. The Bertz CT molecular complexity index is 5340. The van der Waals surface area contributed by atoms with Gasteiger partial charge in [0.2, 0.25) is 94.5 Å². The van der Waals surface area contributed by atoms with Crippen LogP contribution in [-0.4, -0.2) is 283 Å². The molecule has 44 heteroatoms. The monoisotopic (exact) mass is 1960 g/mol. The molecule has 744 valence electrons. The molecule has 3 fully saturated rings. The van der Waals surface area contributed by atoms with Gasteiger partial charge in [-0.15, -0.1) is 0 Å². The highest BCUT2D eigenvalue weighted by Gasteiger charge is 2.44. The number of phenolic OH excluding ortho intramolecular Hbond substituents is 1. The number of carbonyl (C=O) groups excluding carboxylic acids is 17. The maximum absolute atomic E-state index is 15.4. The molecule has 3 aliphatic rings. The summed E-state index contributed by atoms with van der Waals surface area (Å²) in [6.45, 7) is 1.31. The minimum Gasteiger partial charge on any atom is -0.508 e. The number of aromatic nitrogens is 4. The van der Waals surface area contributed by atoms with Crippen LogP contribution in [0.3, 0.4) is 0 Å². The van der Waals surface area contributed by atoms with E-state index < -0.39 is 175 Å². The van der Waals surface area contributed by atoms with Crippen LogP contribution in [0.25, 0.3) is 21.8 Å². The molecule has 3 saturated heterocycles. The Morgan fingerprint density at radius 2 is 1.03 bits per heavy atom. The van der Waals surface area contributed by atoms with Crippen LogP contribution in [0.1, 0.15) is 132 Å². The number of imidazole rings is 1. The van der Waals surface area contributed by atoms with Crippen molar-refractivity contribution in [3.8, 4) is 5.75 Å². The first-order valence-corrected chi connectivity index (χ1v) is 50.2. The molecule has 6 heterocycles. The third-order valence-corrected chi connectivity index (χ3v) is 26.8. The zero-order chi connectivity index (χ0) is 99.2. The summed E-state index contributed by atoms with van der Waals surface area (Å²) in [5.41, 5.74) is 15.7. The molecule has 4 aromatic carbocycles. The third kappa shape index (κ3) is 33.3. The van der Waals surface area contributed by atoms with Crippen molar-refractivity contribution in [2.75, 3.05) is 69.0 Å². The number of benzene rings is 4. The summed E-state index contributed by atoms with van der Waals surface area (Å²) in [6, 6.07) is 15.0. The van der Waals surface area contributed by atoms with Gasteiger partial charge in [-0.3, -0.25) is 76.7 Å². The summed E-state index contributed by atoms with van der Waals surface area (Å²) < 4.78 is 0. The highest BCUT2D eigenvalue weighted by Crippen LogP contribution is 2.34. The van der Waals surface area contributed by atoms with Crippen molar-refractivity contribution in [2.24, 2.45) is 11.5 Å². The van der Waals surface area contributed by atoms with Crippen LogP contribution in [0.15, 0.2) is 128 Å². The van der Waals surface area contributed by atoms with E-state index in [1.54, 1.807) is 61.4 Å². The second-order valence-electron chi connectivity index (χ2n) is 34.4. The van der Waals surface area contributed by atoms with Crippen molar-refractivity contribution in [3.05, 3.63) is 156 Å². The number of rotatable bonds is 57. The summed E-state index contributed by atoms with van der Waals surface area (Å²) in [7, 11) is 0. The molecule has 7 aromatic rings. The molecule has 3 aromatic heterocycles. The minimum atomic E-state index is -1.48. The molecule has 0 bridgehead atoms. The maximum Gasteiger partial charge on any atom is 0.315 e. The number of H-pyrrole nitrogens is 3. The van der Waals surface area contributed by atoms with Crippen molar-refractivity contribution in [2.45, 2.75) is 220 Å². The van der Waals surface area contributed by atoms with Crippen molar-refractivity contribution < 1.29 is 86.6 Å². The molecule has 41 nitrogen and oxygen atoms in total. The number of amides is 18. The van der Waals surface area contributed by atoms with E-state index in [1.165, 1.54) is 72.9 Å². The summed E-state index contributed by atoms with van der Waals surface area (Å²) in [5.74, 6) is -10.4. The molecular formula is C94H127N23O18S3. The van der Waals surface area contributed by atoms with Gasteiger partial charge in [-0.05, 0) is 161 Å². The number of hydrogen-bond acceptors (Lipinski definition) is 23. The maximum atomic E-state index is 15.4. The number of primary amides is 1. The fourth-order valence-electron chi connectivity index (χ4n) is 16.6. The highest BCUT2D eigenvalue weighted by atomic mass is 32.2. The zero-order valence-corrected chi connectivity index (χ0v) is 80.1. The van der Waals surface area contributed by atoms with E-state index in [-0.39, 0.29) is 107 Å². The number of phenols is 1. The molecule has 0 radical (unpaired) electrons. The average Bonchev–Trinajstić information content (AvgIpc) is 1.63. The van der Waals surface area contributed by atoms with Crippen LogP contribution in [0.5, 0.6) is 5.75 Å². The molecule has 0 aliphatic carbocycles. The summed E-state index contributed by atoms with van der Waals surface area (Å²) in [5, 5.41) is 55.4. The van der Waals surface area contributed by atoms with Gasteiger partial charge in [0, 0.05) is 110 Å². The topological polar surface area (TPSA) is 618 Å². The predicted molar refractivity (Wildman–Crippen MR) is 522 cm³/mol. The predicted octanol–water partition coefficient (Wildman–Crippen LogP) is -0.0486. The molecule has 0 unspecified atom stereocenters. The third-order valence-electron chi connectivity index (χ3n) is 24.0. The van der Waals surface area contributed by atoms with Gasteiger partial charge in [0.15, 0.2) is 0 Å². The lowest BCUT2D eigenvalue weighted by atomic mass is 10.0. The van der Waals surface area contributed by atoms with Gasteiger partial charge in [-0.25, -0.2) is 9.78 Å². The normalized spacial score (nSPS) is 17.0. The molecule has 0 spiro atoms. The summed E-state index contributed by atoms with van der Waals surface area (Å²) in [6.07, 6.45) is 14.3. The number of aromatic hydroxyl groups is 1. The van der Waals surface area contributed by atoms with Gasteiger partial charge in [0.25, 0.3) is 0 Å². The van der Waals surface area contributed by atoms with E-state index in [0.717, 1.165) is 35.1 Å². The number of nitrogens with one attached hydrogen (secondary N) is 19. The summed E-state index contributed by atoms with van der Waals surface area (Å²) >= 11 is 4.51. The van der Waals surface area contributed by atoms with E-state index in [1.807, 2.05) is 60.3 Å². The highest BCUT2D eigenvalue weighted by molar-refractivity contribution is 8.00. The first-order chi connectivity index (χ1) is 66.4. The largest absolute Gasteiger partial charge is 0.508 e. The number of para-hydroxylation sites is 2. The van der Waals surface area contributed by atoms with Crippen molar-refractivity contribution in [1.82, 2.24) is 110 Å². The molecule has 138 heavy (non-hydrogen) atoms. The number of aromatic amines is 3. The van der Waals surface area contributed by atoms with E-state index in [4.69, 9.17) is 11.5 Å².